The summed E-state index contributed by atoms with van der Waals surface area (Å²) in [6.07, 6.45) is 2.57. The molecule has 0 aliphatic heterocycles. The van der Waals surface area contributed by atoms with Crippen LogP contribution in [0.1, 0.15) is 17.7 Å². The van der Waals surface area contributed by atoms with Gasteiger partial charge < -0.3 is 4.98 Å². The lowest BCUT2D eigenvalue weighted by Crippen LogP contribution is -2.15. The highest BCUT2D eigenvalue weighted by atomic mass is 79.9. The number of H-pyrrole nitrogens is 1. The third-order valence-corrected chi connectivity index (χ3v) is 3.78. The van der Waals surface area contributed by atoms with Gasteiger partial charge in [-0.25, -0.2) is 9.37 Å². The molecule has 0 atom stereocenters. The molecule has 2 aromatic rings. The van der Waals surface area contributed by atoms with E-state index in [0.717, 1.165) is 30.5 Å². The third-order valence-electron chi connectivity index (χ3n) is 3.13. The maximum Gasteiger partial charge on any atom is 0.254 e. The van der Waals surface area contributed by atoms with Crippen molar-refractivity contribution in [2.24, 2.45) is 0 Å². The van der Waals surface area contributed by atoms with Gasteiger partial charge in [-0.1, -0.05) is 0 Å². The Bertz CT molecular complexity index is 681. The largest absolute Gasteiger partial charge is 0.306 e. The fourth-order valence-corrected chi connectivity index (χ4v) is 2.47. The molecule has 1 aliphatic carbocycles. The average molecular weight is 309 g/mol. The third kappa shape index (κ3) is 1.88. The van der Waals surface area contributed by atoms with Crippen LogP contribution in [0.2, 0.25) is 0 Å². The molecule has 0 saturated carbocycles. The summed E-state index contributed by atoms with van der Waals surface area (Å²) >= 11 is 3.10. The highest BCUT2D eigenvalue weighted by molar-refractivity contribution is 9.10. The summed E-state index contributed by atoms with van der Waals surface area (Å²) < 4.78 is 13.9. The molecule has 1 aromatic heterocycles. The number of nitrogens with one attached hydrogen (secondary N) is 1. The molecule has 1 heterocycles. The van der Waals surface area contributed by atoms with Crippen LogP contribution in [0, 0.1) is 5.82 Å². The zero-order valence-corrected chi connectivity index (χ0v) is 11.1. The fourth-order valence-electron chi connectivity index (χ4n) is 2.22. The van der Waals surface area contributed by atoms with Gasteiger partial charge in [0.2, 0.25) is 0 Å². The lowest BCUT2D eigenvalue weighted by molar-refractivity contribution is 0.621. The molecule has 0 radical (unpaired) electrons. The highest BCUT2D eigenvalue weighted by Gasteiger charge is 2.17. The van der Waals surface area contributed by atoms with Crippen LogP contribution in [0.25, 0.3) is 11.4 Å². The summed E-state index contributed by atoms with van der Waals surface area (Å²) in [6.45, 7) is 0. The van der Waals surface area contributed by atoms with Crippen molar-refractivity contribution in [3.8, 4) is 11.4 Å². The Labute approximate surface area is 111 Å². The Morgan fingerprint density at radius 1 is 1.33 bits per heavy atom. The minimum atomic E-state index is -0.365. The molecule has 0 saturated heterocycles. The Balaban J connectivity index is 2.15. The quantitative estimate of drug-likeness (QED) is 0.880. The number of halogens is 2. The second-order valence-electron chi connectivity index (χ2n) is 4.32. The highest BCUT2D eigenvalue weighted by Crippen LogP contribution is 2.23. The molecule has 0 amide bonds. The van der Waals surface area contributed by atoms with Gasteiger partial charge >= 0.3 is 0 Å². The molecule has 0 unspecified atom stereocenters. The van der Waals surface area contributed by atoms with E-state index in [1.165, 1.54) is 6.07 Å². The summed E-state index contributed by atoms with van der Waals surface area (Å²) in [5, 5.41) is 0. The maximum atomic E-state index is 13.5. The molecule has 5 heteroatoms. The van der Waals surface area contributed by atoms with E-state index in [4.69, 9.17) is 0 Å². The van der Waals surface area contributed by atoms with Crippen LogP contribution in [0.5, 0.6) is 0 Å². The molecule has 18 heavy (non-hydrogen) atoms. The Morgan fingerprint density at radius 2 is 2.17 bits per heavy atom. The topological polar surface area (TPSA) is 45.8 Å². The molecule has 0 spiro atoms. The fraction of sp³-hybridized carbons (Fsp3) is 0.231. The van der Waals surface area contributed by atoms with E-state index in [1.54, 1.807) is 12.1 Å². The normalized spacial score (nSPS) is 13.7. The molecular formula is C13H10BrFN2O. The van der Waals surface area contributed by atoms with E-state index in [0.29, 0.717) is 15.9 Å². The van der Waals surface area contributed by atoms with Crippen molar-refractivity contribution in [1.82, 2.24) is 9.97 Å². The Hall–Kier alpha value is -1.49. The first kappa shape index (κ1) is 11.6. The van der Waals surface area contributed by atoms with Crippen LogP contribution >= 0.6 is 15.9 Å². The van der Waals surface area contributed by atoms with Crippen LogP contribution in [-0.4, -0.2) is 9.97 Å². The second-order valence-corrected chi connectivity index (χ2v) is 5.18. The lowest BCUT2D eigenvalue weighted by atomic mass is 10.2. The number of nitrogens with zero attached hydrogens (tertiary/aromatic N) is 1. The number of aromatic nitrogens is 2. The first-order valence-electron chi connectivity index (χ1n) is 5.72. The minimum absolute atomic E-state index is 0.101. The SMILES string of the molecule is O=c1[nH]c(-c2ccc(Br)c(F)c2)nc2c1CCC2. The first-order chi connectivity index (χ1) is 8.65. The first-order valence-corrected chi connectivity index (χ1v) is 6.52. The van der Waals surface area contributed by atoms with E-state index in [9.17, 15) is 9.18 Å². The standard InChI is InChI=1S/C13H10BrFN2O/c14-9-5-4-7(6-10(9)15)12-16-11-3-1-2-8(11)13(18)17-12/h4-6H,1-3H2,(H,16,17,18). The Morgan fingerprint density at radius 3 is 2.94 bits per heavy atom. The van der Waals surface area contributed by atoms with Gasteiger partial charge in [0.1, 0.15) is 11.6 Å². The van der Waals surface area contributed by atoms with E-state index >= 15 is 0 Å². The van der Waals surface area contributed by atoms with E-state index in [-0.39, 0.29) is 11.4 Å². The molecular weight excluding hydrogens is 299 g/mol. The van der Waals surface area contributed by atoms with Crippen molar-refractivity contribution in [2.75, 3.05) is 0 Å². The van der Waals surface area contributed by atoms with Crippen molar-refractivity contribution in [3.63, 3.8) is 0 Å². The lowest BCUT2D eigenvalue weighted by Gasteiger charge is -2.04. The van der Waals surface area contributed by atoms with Gasteiger partial charge in [0, 0.05) is 11.1 Å². The van der Waals surface area contributed by atoms with E-state index < -0.39 is 0 Å². The molecule has 0 fully saturated rings. The van der Waals surface area contributed by atoms with Crippen molar-refractivity contribution in [2.45, 2.75) is 19.3 Å². The summed E-state index contributed by atoms with van der Waals surface area (Å²) in [7, 11) is 0. The number of rotatable bonds is 1. The average Bonchev–Trinajstić information content (AvgIpc) is 2.81. The Kier molecular flexibility index (Phi) is 2.78. The predicted octanol–water partition coefficient (Wildman–Crippen LogP) is 2.83. The van der Waals surface area contributed by atoms with Gasteiger partial charge in [-0.15, -0.1) is 0 Å². The van der Waals surface area contributed by atoms with Gasteiger partial charge in [-0.3, -0.25) is 4.79 Å². The van der Waals surface area contributed by atoms with Crippen LogP contribution in [0.4, 0.5) is 4.39 Å². The summed E-state index contributed by atoms with van der Waals surface area (Å²) in [5.41, 5.74) is 2.10. The molecule has 1 N–H and O–H groups in total. The molecule has 1 aliphatic rings. The van der Waals surface area contributed by atoms with Crippen molar-refractivity contribution in [1.29, 1.82) is 0 Å². The van der Waals surface area contributed by atoms with Crippen molar-refractivity contribution in [3.05, 3.63) is 50.1 Å². The zero-order valence-electron chi connectivity index (χ0n) is 9.46. The zero-order chi connectivity index (χ0) is 12.7. The number of aromatic amines is 1. The van der Waals surface area contributed by atoms with Gasteiger partial charge in [-0.2, -0.15) is 0 Å². The second kappa shape index (κ2) is 4.31. The number of benzene rings is 1. The van der Waals surface area contributed by atoms with Crippen LogP contribution in [-0.2, 0) is 12.8 Å². The van der Waals surface area contributed by atoms with E-state index in [2.05, 4.69) is 25.9 Å². The van der Waals surface area contributed by atoms with Gasteiger partial charge in [0.25, 0.3) is 5.56 Å². The van der Waals surface area contributed by atoms with Gasteiger partial charge in [-0.05, 0) is 53.4 Å². The van der Waals surface area contributed by atoms with Crippen molar-refractivity contribution < 1.29 is 4.39 Å². The monoisotopic (exact) mass is 308 g/mol. The summed E-state index contributed by atoms with van der Waals surface area (Å²) in [5.74, 6) is 0.0719. The number of fused-ring (bicyclic) bond motifs is 1. The van der Waals surface area contributed by atoms with Gasteiger partial charge in [0.05, 0.1) is 10.2 Å². The molecule has 3 rings (SSSR count). The number of hydrogen-bond acceptors (Lipinski definition) is 2. The van der Waals surface area contributed by atoms with E-state index in [1.807, 2.05) is 0 Å². The maximum absolute atomic E-state index is 13.5. The van der Waals surface area contributed by atoms with Crippen LogP contribution in [0.3, 0.4) is 0 Å². The smallest absolute Gasteiger partial charge is 0.254 e. The molecule has 0 bridgehead atoms. The minimum Gasteiger partial charge on any atom is -0.306 e. The number of aryl methyl sites for hydroxylation is 1. The molecule has 92 valence electrons. The predicted molar refractivity (Wildman–Crippen MR) is 70.0 cm³/mol. The number of hydrogen-bond donors (Lipinski definition) is 1. The summed E-state index contributed by atoms with van der Waals surface area (Å²) in [4.78, 5) is 19.0. The molecule has 3 nitrogen and oxygen atoms in total. The van der Waals surface area contributed by atoms with Gasteiger partial charge in [0.15, 0.2) is 0 Å². The molecule has 1 aromatic carbocycles. The van der Waals surface area contributed by atoms with Crippen molar-refractivity contribution >= 4 is 15.9 Å². The van der Waals surface area contributed by atoms with Crippen LogP contribution in [0.15, 0.2) is 27.5 Å². The summed E-state index contributed by atoms with van der Waals surface area (Å²) in [6, 6.07) is 4.70. The van der Waals surface area contributed by atoms with Crippen LogP contribution < -0.4 is 5.56 Å².